The molecule has 0 atom stereocenters. The van der Waals surface area contributed by atoms with Gasteiger partial charge in [-0.15, -0.1) is 11.3 Å². The van der Waals surface area contributed by atoms with Crippen molar-refractivity contribution in [3.05, 3.63) is 72.1 Å². The van der Waals surface area contributed by atoms with Crippen LogP contribution in [0.25, 0.3) is 27.6 Å². The van der Waals surface area contributed by atoms with Gasteiger partial charge in [0.2, 0.25) is 11.0 Å². The summed E-state index contributed by atoms with van der Waals surface area (Å²) in [6.07, 6.45) is 0. The summed E-state index contributed by atoms with van der Waals surface area (Å²) in [7, 11) is 0. The van der Waals surface area contributed by atoms with Crippen LogP contribution in [-0.4, -0.2) is 20.7 Å². The van der Waals surface area contributed by atoms with Gasteiger partial charge in [0.25, 0.3) is 0 Å². The SMILES string of the molecule is CC(=O)Nc1cc(-c2ccccc2)nn1-c1nc(-c2ccccc2)cs1. The molecule has 0 bridgehead atoms. The first-order valence-corrected chi connectivity index (χ1v) is 9.03. The molecule has 0 aliphatic rings. The molecule has 2 heterocycles. The van der Waals surface area contributed by atoms with Crippen LogP contribution in [0.5, 0.6) is 0 Å². The zero-order chi connectivity index (χ0) is 17.9. The van der Waals surface area contributed by atoms with Gasteiger partial charge in [0.1, 0.15) is 5.82 Å². The summed E-state index contributed by atoms with van der Waals surface area (Å²) < 4.78 is 1.68. The van der Waals surface area contributed by atoms with Gasteiger partial charge in [0.15, 0.2) is 0 Å². The third-order valence-corrected chi connectivity index (χ3v) is 4.64. The van der Waals surface area contributed by atoms with E-state index in [0.717, 1.165) is 22.5 Å². The molecule has 2 aromatic carbocycles. The Morgan fingerprint density at radius 2 is 1.58 bits per heavy atom. The van der Waals surface area contributed by atoms with Crippen molar-refractivity contribution in [3.8, 4) is 27.6 Å². The second kappa shape index (κ2) is 6.93. The Bertz CT molecular complexity index is 1040. The largest absolute Gasteiger partial charge is 0.311 e. The molecule has 4 rings (SSSR count). The molecule has 26 heavy (non-hydrogen) atoms. The highest BCUT2D eigenvalue weighted by Crippen LogP contribution is 2.29. The number of thiazole rings is 1. The van der Waals surface area contributed by atoms with E-state index >= 15 is 0 Å². The van der Waals surface area contributed by atoms with Gasteiger partial charge in [0, 0.05) is 29.5 Å². The zero-order valence-electron chi connectivity index (χ0n) is 14.1. The van der Waals surface area contributed by atoms with E-state index in [9.17, 15) is 4.79 Å². The molecule has 0 unspecified atom stereocenters. The lowest BCUT2D eigenvalue weighted by atomic mass is 10.2. The van der Waals surface area contributed by atoms with Crippen LogP contribution >= 0.6 is 11.3 Å². The van der Waals surface area contributed by atoms with Crippen molar-refractivity contribution in [1.82, 2.24) is 14.8 Å². The zero-order valence-corrected chi connectivity index (χ0v) is 14.9. The Morgan fingerprint density at radius 3 is 2.19 bits per heavy atom. The van der Waals surface area contributed by atoms with Gasteiger partial charge in [0.05, 0.1) is 11.4 Å². The second-order valence-corrected chi connectivity index (χ2v) is 6.59. The normalized spacial score (nSPS) is 10.7. The highest BCUT2D eigenvalue weighted by atomic mass is 32.1. The van der Waals surface area contributed by atoms with E-state index in [4.69, 9.17) is 4.98 Å². The lowest BCUT2D eigenvalue weighted by Crippen LogP contribution is -2.10. The Hall–Kier alpha value is -3.25. The topological polar surface area (TPSA) is 59.8 Å². The number of rotatable bonds is 4. The Kier molecular flexibility index (Phi) is 4.33. The molecule has 0 saturated heterocycles. The molecule has 0 fully saturated rings. The number of anilines is 1. The lowest BCUT2D eigenvalue weighted by Gasteiger charge is -2.03. The fourth-order valence-electron chi connectivity index (χ4n) is 2.65. The van der Waals surface area contributed by atoms with Gasteiger partial charge in [-0.3, -0.25) is 4.79 Å². The molecule has 0 aliphatic carbocycles. The number of amides is 1. The van der Waals surface area contributed by atoms with Crippen molar-refractivity contribution in [1.29, 1.82) is 0 Å². The Labute approximate surface area is 155 Å². The third-order valence-electron chi connectivity index (χ3n) is 3.83. The van der Waals surface area contributed by atoms with Crippen LogP contribution in [0.3, 0.4) is 0 Å². The first kappa shape index (κ1) is 16.2. The average Bonchev–Trinajstić information content (AvgIpc) is 3.30. The quantitative estimate of drug-likeness (QED) is 0.578. The monoisotopic (exact) mass is 360 g/mol. The predicted octanol–water partition coefficient (Wildman–Crippen LogP) is 4.62. The summed E-state index contributed by atoms with van der Waals surface area (Å²) in [5, 5.41) is 10.2. The van der Waals surface area contributed by atoms with Crippen molar-refractivity contribution >= 4 is 23.1 Å². The summed E-state index contributed by atoms with van der Waals surface area (Å²) in [6, 6.07) is 21.7. The number of nitrogens with zero attached hydrogens (tertiary/aromatic N) is 3. The smallest absolute Gasteiger partial charge is 0.222 e. The lowest BCUT2D eigenvalue weighted by molar-refractivity contribution is -0.114. The number of benzene rings is 2. The predicted molar refractivity (Wildman–Crippen MR) is 104 cm³/mol. The molecule has 0 aliphatic heterocycles. The van der Waals surface area contributed by atoms with Gasteiger partial charge < -0.3 is 5.32 Å². The highest BCUT2D eigenvalue weighted by molar-refractivity contribution is 7.12. The maximum atomic E-state index is 11.6. The summed E-state index contributed by atoms with van der Waals surface area (Å²) in [4.78, 5) is 16.3. The van der Waals surface area contributed by atoms with Gasteiger partial charge >= 0.3 is 0 Å². The molecule has 0 radical (unpaired) electrons. The maximum absolute atomic E-state index is 11.6. The van der Waals surface area contributed by atoms with Gasteiger partial charge in [-0.05, 0) is 0 Å². The fourth-order valence-corrected chi connectivity index (χ4v) is 3.45. The number of aromatic nitrogens is 3. The number of carbonyl (C=O) groups is 1. The van der Waals surface area contributed by atoms with Crippen LogP contribution in [0.4, 0.5) is 5.82 Å². The van der Waals surface area contributed by atoms with Crippen LogP contribution < -0.4 is 5.32 Å². The average molecular weight is 360 g/mol. The van der Waals surface area contributed by atoms with Crippen molar-refractivity contribution in [2.45, 2.75) is 6.92 Å². The molecule has 1 amide bonds. The van der Waals surface area contributed by atoms with Crippen molar-refractivity contribution in [2.24, 2.45) is 0 Å². The minimum atomic E-state index is -0.148. The third kappa shape index (κ3) is 3.27. The van der Waals surface area contributed by atoms with Crippen molar-refractivity contribution in [2.75, 3.05) is 5.32 Å². The van der Waals surface area contributed by atoms with Crippen LogP contribution in [0.2, 0.25) is 0 Å². The van der Waals surface area contributed by atoms with E-state index in [1.54, 1.807) is 4.68 Å². The molecule has 5 nitrogen and oxygen atoms in total. The number of hydrogen-bond acceptors (Lipinski definition) is 4. The summed E-state index contributed by atoms with van der Waals surface area (Å²) >= 11 is 1.49. The molecule has 6 heteroatoms. The molecule has 2 aromatic heterocycles. The molecular formula is C20H16N4OS. The number of carbonyl (C=O) groups excluding carboxylic acids is 1. The van der Waals surface area contributed by atoms with E-state index in [-0.39, 0.29) is 5.91 Å². The summed E-state index contributed by atoms with van der Waals surface area (Å²) in [5.74, 6) is 0.455. The standard InChI is InChI=1S/C20H16N4OS/c1-14(25)21-19-12-17(15-8-4-2-5-9-15)23-24(19)20-22-18(13-26-20)16-10-6-3-7-11-16/h2-13H,1H3,(H,21,25). The van der Waals surface area contributed by atoms with Crippen LogP contribution in [0.15, 0.2) is 72.1 Å². The fraction of sp³-hybridized carbons (Fsp3) is 0.0500. The Balaban J connectivity index is 1.77. The first-order chi connectivity index (χ1) is 12.7. The van der Waals surface area contributed by atoms with Gasteiger partial charge in [-0.1, -0.05) is 60.7 Å². The summed E-state index contributed by atoms with van der Waals surface area (Å²) in [5.41, 5.74) is 3.70. The van der Waals surface area contributed by atoms with E-state index in [0.29, 0.717) is 10.9 Å². The molecule has 4 aromatic rings. The second-order valence-electron chi connectivity index (χ2n) is 5.76. The first-order valence-electron chi connectivity index (χ1n) is 8.15. The molecule has 0 saturated carbocycles. The van der Waals surface area contributed by atoms with Crippen molar-refractivity contribution < 1.29 is 4.79 Å². The Morgan fingerprint density at radius 1 is 0.962 bits per heavy atom. The molecule has 0 spiro atoms. The van der Waals surface area contributed by atoms with E-state index in [1.165, 1.54) is 18.3 Å². The molecule has 1 N–H and O–H groups in total. The van der Waals surface area contributed by atoms with Gasteiger partial charge in [-0.25, -0.2) is 4.98 Å². The number of hydrogen-bond donors (Lipinski definition) is 1. The van der Waals surface area contributed by atoms with E-state index < -0.39 is 0 Å². The summed E-state index contributed by atoms with van der Waals surface area (Å²) in [6.45, 7) is 1.48. The minimum Gasteiger partial charge on any atom is -0.311 e. The van der Waals surface area contributed by atoms with Crippen LogP contribution in [0, 0.1) is 0 Å². The molecular weight excluding hydrogens is 344 g/mol. The highest BCUT2D eigenvalue weighted by Gasteiger charge is 2.15. The molecule has 128 valence electrons. The van der Waals surface area contributed by atoms with Crippen molar-refractivity contribution in [3.63, 3.8) is 0 Å². The maximum Gasteiger partial charge on any atom is 0.222 e. The van der Waals surface area contributed by atoms with Gasteiger partial charge in [-0.2, -0.15) is 9.78 Å². The van der Waals surface area contributed by atoms with Crippen LogP contribution in [0.1, 0.15) is 6.92 Å². The van der Waals surface area contributed by atoms with E-state index in [1.807, 2.05) is 72.1 Å². The van der Waals surface area contributed by atoms with E-state index in [2.05, 4.69) is 10.4 Å². The van der Waals surface area contributed by atoms with Crippen LogP contribution in [-0.2, 0) is 4.79 Å². The number of nitrogens with one attached hydrogen (secondary N) is 1. The minimum absolute atomic E-state index is 0.148.